The summed E-state index contributed by atoms with van der Waals surface area (Å²) in [5.41, 5.74) is 3.64. The van der Waals surface area contributed by atoms with E-state index >= 15 is 0 Å². The number of hydrogen-bond acceptors (Lipinski definition) is 12. The van der Waals surface area contributed by atoms with E-state index in [-0.39, 0.29) is 40.5 Å². The number of aromatic hydroxyl groups is 1. The zero-order valence-electron chi connectivity index (χ0n) is 18.3. The number of nitro benzene ring substituents is 2. The molecule has 180 valence electrons. The average molecular weight is 487 g/mol. The van der Waals surface area contributed by atoms with E-state index in [0.717, 1.165) is 6.07 Å². The Morgan fingerprint density at radius 3 is 1.92 bits per heavy atom. The molecule has 0 aliphatic heterocycles. The van der Waals surface area contributed by atoms with E-state index in [1.165, 1.54) is 42.6 Å². The molecule has 1 aromatic heterocycles. The number of hydrogen-bond donors (Lipinski definition) is 4. The van der Waals surface area contributed by atoms with Crippen LogP contribution in [-0.4, -0.2) is 36.1 Å². The maximum atomic E-state index is 11.0. The van der Waals surface area contributed by atoms with E-state index in [1.807, 2.05) is 30.3 Å². The Morgan fingerprint density at radius 1 is 0.750 bits per heavy atom. The van der Waals surface area contributed by atoms with Crippen LogP contribution in [0.25, 0.3) is 0 Å². The molecular formula is C22H17N9O5. The smallest absolute Gasteiger partial charge is 0.270 e. The molecule has 0 aliphatic carbocycles. The molecule has 36 heavy (non-hydrogen) atoms. The second-order valence-corrected chi connectivity index (χ2v) is 7.10. The van der Waals surface area contributed by atoms with Gasteiger partial charge in [-0.25, -0.2) is 5.43 Å². The Labute approximate surface area is 202 Å². The molecule has 14 heteroatoms. The van der Waals surface area contributed by atoms with Crippen LogP contribution in [0.2, 0.25) is 0 Å². The van der Waals surface area contributed by atoms with Crippen LogP contribution >= 0.6 is 0 Å². The molecule has 0 radical (unpaired) electrons. The number of anilines is 5. The number of hydrazone groups is 1. The third-order valence-electron chi connectivity index (χ3n) is 4.59. The highest BCUT2D eigenvalue weighted by Crippen LogP contribution is 2.22. The molecule has 0 saturated carbocycles. The van der Waals surface area contributed by atoms with E-state index in [9.17, 15) is 25.3 Å². The van der Waals surface area contributed by atoms with Gasteiger partial charge < -0.3 is 15.7 Å². The molecule has 3 aromatic carbocycles. The number of non-ortho nitro benzene ring substituents is 2. The molecule has 0 aliphatic rings. The number of benzene rings is 3. The molecule has 0 saturated heterocycles. The number of nitrogens with zero attached hydrogens (tertiary/aromatic N) is 6. The summed E-state index contributed by atoms with van der Waals surface area (Å²) in [5.74, 6) is 0.0764. The number of nitrogens with one attached hydrogen (secondary N) is 3. The van der Waals surface area contributed by atoms with Gasteiger partial charge >= 0.3 is 0 Å². The summed E-state index contributed by atoms with van der Waals surface area (Å²) < 4.78 is 0. The lowest BCUT2D eigenvalue weighted by Gasteiger charge is -2.10. The fraction of sp³-hybridized carbons (Fsp3) is 0. The molecule has 0 atom stereocenters. The summed E-state index contributed by atoms with van der Waals surface area (Å²) in [7, 11) is 0. The maximum absolute atomic E-state index is 11.0. The highest BCUT2D eigenvalue weighted by molar-refractivity contribution is 5.84. The predicted octanol–water partition coefficient (Wildman–Crippen LogP) is 4.33. The number of phenols is 1. The predicted molar refractivity (Wildman–Crippen MR) is 132 cm³/mol. The van der Waals surface area contributed by atoms with Crippen molar-refractivity contribution < 1.29 is 15.0 Å². The van der Waals surface area contributed by atoms with Crippen molar-refractivity contribution >= 4 is 46.8 Å². The van der Waals surface area contributed by atoms with Gasteiger partial charge in [0.2, 0.25) is 17.8 Å². The van der Waals surface area contributed by atoms with Crippen molar-refractivity contribution in [2.75, 3.05) is 16.1 Å². The van der Waals surface area contributed by atoms with Gasteiger partial charge in [0.1, 0.15) is 5.75 Å². The largest absolute Gasteiger partial charge is 0.507 e. The highest BCUT2D eigenvalue weighted by atomic mass is 16.6. The van der Waals surface area contributed by atoms with Gasteiger partial charge in [-0.3, -0.25) is 20.2 Å². The van der Waals surface area contributed by atoms with E-state index in [4.69, 9.17) is 0 Å². The van der Waals surface area contributed by atoms with Gasteiger partial charge in [0.25, 0.3) is 11.4 Å². The molecular weight excluding hydrogens is 470 g/mol. The summed E-state index contributed by atoms with van der Waals surface area (Å²) in [6, 6.07) is 18.3. The van der Waals surface area contributed by atoms with E-state index in [0.29, 0.717) is 11.4 Å². The summed E-state index contributed by atoms with van der Waals surface area (Å²) in [4.78, 5) is 33.5. The fourth-order valence-electron chi connectivity index (χ4n) is 2.90. The lowest BCUT2D eigenvalue weighted by molar-refractivity contribution is -0.385. The van der Waals surface area contributed by atoms with Crippen molar-refractivity contribution in [1.82, 2.24) is 15.0 Å². The first-order chi connectivity index (χ1) is 17.4. The average Bonchev–Trinajstić information content (AvgIpc) is 2.86. The van der Waals surface area contributed by atoms with Gasteiger partial charge in [-0.2, -0.15) is 20.1 Å². The number of phenolic OH excluding ortho intramolecular Hbond substituents is 1. The Hall–Kier alpha value is -5.66. The van der Waals surface area contributed by atoms with Crippen LogP contribution in [0.1, 0.15) is 5.56 Å². The van der Waals surface area contributed by atoms with Gasteiger partial charge in [-0.05, 0) is 30.3 Å². The Bertz CT molecular complexity index is 1430. The highest BCUT2D eigenvalue weighted by Gasteiger charge is 2.11. The minimum absolute atomic E-state index is 0.00835. The molecule has 0 amide bonds. The van der Waals surface area contributed by atoms with Crippen molar-refractivity contribution in [1.29, 1.82) is 0 Å². The van der Waals surface area contributed by atoms with Crippen molar-refractivity contribution in [3.8, 4) is 5.75 Å². The third kappa shape index (κ3) is 6.02. The summed E-state index contributed by atoms with van der Waals surface area (Å²) in [6.45, 7) is 0. The van der Waals surface area contributed by atoms with Crippen molar-refractivity contribution in [3.05, 3.63) is 98.6 Å². The second-order valence-electron chi connectivity index (χ2n) is 7.10. The molecule has 0 spiro atoms. The van der Waals surface area contributed by atoms with Crippen LogP contribution in [0.15, 0.2) is 77.9 Å². The van der Waals surface area contributed by atoms with Gasteiger partial charge in [-0.15, -0.1) is 0 Å². The minimum Gasteiger partial charge on any atom is -0.507 e. The molecule has 0 bridgehead atoms. The van der Waals surface area contributed by atoms with Crippen LogP contribution in [-0.2, 0) is 0 Å². The molecule has 0 unspecified atom stereocenters. The normalized spacial score (nSPS) is 10.7. The summed E-state index contributed by atoms with van der Waals surface area (Å²) >= 11 is 0. The van der Waals surface area contributed by atoms with Crippen molar-refractivity contribution in [3.63, 3.8) is 0 Å². The zero-order chi connectivity index (χ0) is 25.5. The molecule has 4 rings (SSSR count). The van der Waals surface area contributed by atoms with Gasteiger partial charge in [0.15, 0.2) is 0 Å². The van der Waals surface area contributed by atoms with Crippen LogP contribution in [0.4, 0.5) is 40.6 Å². The van der Waals surface area contributed by atoms with Crippen LogP contribution < -0.4 is 16.1 Å². The number of nitro groups is 2. The van der Waals surface area contributed by atoms with Gasteiger partial charge in [0.05, 0.1) is 16.1 Å². The van der Waals surface area contributed by atoms with E-state index < -0.39 is 9.85 Å². The second kappa shape index (κ2) is 10.5. The fourth-order valence-corrected chi connectivity index (χ4v) is 2.90. The maximum Gasteiger partial charge on any atom is 0.270 e. The molecule has 1 heterocycles. The summed E-state index contributed by atoms with van der Waals surface area (Å²) in [6.07, 6.45) is 1.18. The molecule has 4 N–H and O–H groups in total. The standard InChI is InChI=1S/C22H17N9O5/c32-19-11-10-18(31(35)36)12-14(19)13-23-29-22-27-20(24-15-4-2-1-3-5-15)26-21(28-22)25-16-6-8-17(9-7-16)30(33)34/h1-13,32H,(H3,24,25,26,27,28,29)/b23-13+. The van der Waals surface area contributed by atoms with Crippen LogP contribution in [0, 0.1) is 20.2 Å². The third-order valence-corrected chi connectivity index (χ3v) is 4.59. The van der Waals surface area contributed by atoms with Gasteiger partial charge in [-0.1, -0.05) is 18.2 Å². The Morgan fingerprint density at radius 2 is 1.31 bits per heavy atom. The molecule has 4 aromatic rings. The molecule has 0 fully saturated rings. The Balaban J connectivity index is 1.59. The van der Waals surface area contributed by atoms with E-state index in [1.54, 1.807) is 0 Å². The van der Waals surface area contributed by atoms with Crippen LogP contribution in [0.5, 0.6) is 5.75 Å². The lowest BCUT2D eigenvalue weighted by atomic mass is 10.2. The summed E-state index contributed by atoms with van der Waals surface area (Å²) in [5, 5.41) is 41.7. The monoisotopic (exact) mass is 487 g/mol. The van der Waals surface area contributed by atoms with Crippen molar-refractivity contribution in [2.24, 2.45) is 5.10 Å². The number of rotatable bonds is 9. The minimum atomic E-state index is -0.589. The first-order valence-electron chi connectivity index (χ1n) is 10.2. The number of para-hydroxylation sites is 1. The van der Waals surface area contributed by atoms with E-state index in [2.05, 4.69) is 36.1 Å². The quantitative estimate of drug-likeness (QED) is 0.149. The first kappa shape index (κ1) is 23.5. The van der Waals surface area contributed by atoms with Crippen molar-refractivity contribution in [2.45, 2.75) is 0 Å². The van der Waals surface area contributed by atoms with Gasteiger partial charge in [0, 0.05) is 41.2 Å². The topological polar surface area (TPSA) is 194 Å². The lowest BCUT2D eigenvalue weighted by Crippen LogP contribution is -2.07. The zero-order valence-corrected chi connectivity index (χ0v) is 18.3. The first-order valence-corrected chi connectivity index (χ1v) is 10.2. The molecule has 14 nitrogen and oxygen atoms in total. The Kier molecular flexibility index (Phi) is 6.86. The van der Waals surface area contributed by atoms with Crippen LogP contribution in [0.3, 0.4) is 0 Å². The number of aromatic nitrogens is 3. The SMILES string of the molecule is O=[N+]([O-])c1ccc(Nc2nc(N/N=C/c3cc([N+](=O)[O-])ccc3O)nc(Nc3ccccc3)n2)cc1.